The van der Waals surface area contributed by atoms with E-state index in [-0.39, 0.29) is 5.91 Å². The van der Waals surface area contributed by atoms with E-state index >= 15 is 0 Å². The third-order valence-electron chi connectivity index (χ3n) is 3.20. The zero-order valence-corrected chi connectivity index (χ0v) is 13.1. The maximum Gasteiger partial charge on any atom is 0.254 e. The van der Waals surface area contributed by atoms with Crippen molar-refractivity contribution in [3.05, 3.63) is 41.6 Å². The number of carbonyl (C=O) groups excluding carboxylic acids is 1. The molecule has 0 radical (unpaired) electrons. The van der Waals surface area contributed by atoms with E-state index in [0.29, 0.717) is 23.6 Å². The van der Waals surface area contributed by atoms with Crippen molar-refractivity contribution in [2.24, 2.45) is 5.73 Å². The number of hydrogen-bond acceptors (Lipinski definition) is 3. The average Bonchev–Trinajstić information content (AvgIpc) is 2.44. The highest BCUT2D eigenvalue weighted by Crippen LogP contribution is 2.20. The summed E-state index contributed by atoms with van der Waals surface area (Å²) in [4.78, 5) is 19.3. The van der Waals surface area contributed by atoms with Crippen LogP contribution in [0.2, 0.25) is 0 Å². The van der Waals surface area contributed by atoms with E-state index in [4.69, 9.17) is 18.0 Å². The number of pyridine rings is 1. The minimum atomic E-state index is -0.0497. The van der Waals surface area contributed by atoms with Gasteiger partial charge in [0.1, 0.15) is 0 Å². The molecule has 2 aromatic rings. The second-order valence-electron chi connectivity index (χ2n) is 5.02. The standard InChI is InChI=1S/C16H19N3OS/c1-3-8-19(10-15(17)21)16(20)13-9-11(2)18-14-7-5-4-6-12(13)14/h4-7,9H,3,8,10H2,1-2H3,(H2,17,21). The highest BCUT2D eigenvalue weighted by atomic mass is 32.1. The van der Waals surface area contributed by atoms with Crippen molar-refractivity contribution in [2.45, 2.75) is 20.3 Å². The molecule has 1 heterocycles. The smallest absolute Gasteiger partial charge is 0.254 e. The first kappa shape index (κ1) is 15.4. The summed E-state index contributed by atoms with van der Waals surface area (Å²) in [6.45, 7) is 4.85. The van der Waals surface area contributed by atoms with Gasteiger partial charge in [0, 0.05) is 17.6 Å². The Balaban J connectivity index is 2.48. The third kappa shape index (κ3) is 3.55. The Bertz CT molecular complexity index is 684. The van der Waals surface area contributed by atoms with Gasteiger partial charge in [0.2, 0.25) is 0 Å². The molecule has 0 saturated carbocycles. The van der Waals surface area contributed by atoms with Crippen LogP contribution < -0.4 is 5.73 Å². The molecule has 0 spiro atoms. The molecule has 0 aliphatic carbocycles. The van der Waals surface area contributed by atoms with Crippen molar-refractivity contribution in [1.29, 1.82) is 0 Å². The van der Waals surface area contributed by atoms with Gasteiger partial charge in [-0.15, -0.1) is 0 Å². The lowest BCUT2D eigenvalue weighted by molar-refractivity contribution is 0.0781. The van der Waals surface area contributed by atoms with Gasteiger partial charge in [0.15, 0.2) is 0 Å². The van der Waals surface area contributed by atoms with E-state index in [1.54, 1.807) is 4.90 Å². The van der Waals surface area contributed by atoms with E-state index in [2.05, 4.69) is 4.98 Å². The predicted molar refractivity (Wildman–Crippen MR) is 89.5 cm³/mol. The van der Waals surface area contributed by atoms with Crippen LogP contribution in [0.3, 0.4) is 0 Å². The number of nitrogens with zero attached hydrogens (tertiary/aromatic N) is 2. The Morgan fingerprint density at radius 3 is 2.76 bits per heavy atom. The molecule has 0 atom stereocenters. The van der Waals surface area contributed by atoms with Crippen LogP contribution in [0.5, 0.6) is 0 Å². The second kappa shape index (κ2) is 6.63. The number of carbonyl (C=O) groups is 1. The number of aromatic nitrogens is 1. The minimum Gasteiger partial charge on any atom is -0.392 e. The highest BCUT2D eigenvalue weighted by Gasteiger charge is 2.18. The molecule has 1 aromatic heterocycles. The van der Waals surface area contributed by atoms with Gasteiger partial charge in [-0.2, -0.15) is 0 Å². The van der Waals surface area contributed by atoms with Gasteiger partial charge in [-0.25, -0.2) is 0 Å². The minimum absolute atomic E-state index is 0.0497. The molecule has 110 valence electrons. The van der Waals surface area contributed by atoms with E-state index in [9.17, 15) is 4.79 Å². The molecule has 2 N–H and O–H groups in total. The van der Waals surface area contributed by atoms with Crippen molar-refractivity contribution < 1.29 is 4.79 Å². The van der Waals surface area contributed by atoms with Gasteiger partial charge < -0.3 is 10.6 Å². The average molecular weight is 301 g/mol. The molecule has 4 nitrogen and oxygen atoms in total. The summed E-state index contributed by atoms with van der Waals surface area (Å²) in [5, 5.41) is 0.858. The maximum atomic E-state index is 12.8. The lowest BCUT2D eigenvalue weighted by atomic mass is 10.1. The molecule has 2 rings (SSSR count). The summed E-state index contributed by atoms with van der Waals surface area (Å²) in [6, 6.07) is 9.49. The van der Waals surface area contributed by atoms with Crippen LogP contribution in [0.1, 0.15) is 29.4 Å². The number of thiocarbonyl (C=S) groups is 1. The molecule has 0 bridgehead atoms. The van der Waals surface area contributed by atoms with Crippen LogP contribution in [0.25, 0.3) is 10.9 Å². The van der Waals surface area contributed by atoms with Crippen molar-refractivity contribution in [2.75, 3.05) is 13.1 Å². The normalized spacial score (nSPS) is 10.6. The maximum absolute atomic E-state index is 12.8. The first-order chi connectivity index (χ1) is 10.0. The summed E-state index contributed by atoms with van der Waals surface area (Å²) >= 11 is 4.95. The lowest BCUT2D eigenvalue weighted by Crippen LogP contribution is -2.38. The number of nitrogens with two attached hydrogens (primary N) is 1. The number of amides is 1. The zero-order valence-electron chi connectivity index (χ0n) is 12.3. The van der Waals surface area contributed by atoms with E-state index in [0.717, 1.165) is 23.0 Å². The zero-order chi connectivity index (χ0) is 15.4. The molecule has 1 amide bonds. The van der Waals surface area contributed by atoms with Gasteiger partial charge >= 0.3 is 0 Å². The lowest BCUT2D eigenvalue weighted by Gasteiger charge is -2.22. The number of fused-ring (bicyclic) bond motifs is 1. The van der Waals surface area contributed by atoms with Crippen molar-refractivity contribution in [1.82, 2.24) is 9.88 Å². The molecule has 0 saturated heterocycles. The van der Waals surface area contributed by atoms with Gasteiger partial charge in [-0.05, 0) is 25.5 Å². The number of para-hydroxylation sites is 1. The molecule has 21 heavy (non-hydrogen) atoms. The van der Waals surface area contributed by atoms with Crippen molar-refractivity contribution in [3.8, 4) is 0 Å². The summed E-state index contributed by atoms with van der Waals surface area (Å²) < 4.78 is 0. The molecule has 0 aliphatic heterocycles. The monoisotopic (exact) mass is 301 g/mol. The Morgan fingerprint density at radius 1 is 1.38 bits per heavy atom. The predicted octanol–water partition coefficient (Wildman–Crippen LogP) is 2.68. The molecule has 0 fully saturated rings. The fourth-order valence-electron chi connectivity index (χ4n) is 2.37. The van der Waals surface area contributed by atoms with Crippen LogP contribution >= 0.6 is 12.2 Å². The van der Waals surface area contributed by atoms with Crippen LogP contribution in [0.4, 0.5) is 0 Å². The first-order valence-electron chi connectivity index (χ1n) is 6.97. The Hall–Kier alpha value is -2.01. The second-order valence-corrected chi connectivity index (χ2v) is 5.55. The number of aryl methyl sites for hydroxylation is 1. The van der Waals surface area contributed by atoms with Crippen LogP contribution in [-0.2, 0) is 0 Å². The summed E-state index contributed by atoms with van der Waals surface area (Å²) in [5.74, 6) is -0.0497. The topological polar surface area (TPSA) is 59.2 Å². The molecule has 0 unspecified atom stereocenters. The summed E-state index contributed by atoms with van der Waals surface area (Å²) in [5.41, 5.74) is 7.91. The summed E-state index contributed by atoms with van der Waals surface area (Å²) in [7, 11) is 0. The van der Waals surface area contributed by atoms with Crippen LogP contribution in [0.15, 0.2) is 30.3 Å². The third-order valence-corrected chi connectivity index (χ3v) is 3.33. The van der Waals surface area contributed by atoms with Gasteiger partial charge in [0.25, 0.3) is 5.91 Å². The molecule has 0 aliphatic rings. The Morgan fingerprint density at radius 2 is 2.10 bits per heavy atom. The summed E-state index contributed by atoms with van der Waals surface area (Å²) in [6.07, 6.45) is 0.857. The number of benzene rings is 1. The fraction of sp³-hybridized carbons (Fsp3) is 0.312. The quantitative estimate of drug-likeness (QED) is 0.863. The largest absolute Gasteiger partial charge is 0.392 e. The molecule has 1 aromatic carbocycles. The van der Waals surface area contributed by atoms with E-state index in [1.165, 1.54) is 0 Å². The van der Waals surface area contributed by atoms with Gasteiger partial charge in [0.05, 0.1) is 22.6 Å². The Kier molecular flexibility index (Phi) is 4.85. The first-order valence-corrected chi connectivity index (χ1v) is 7.37. The molecular formula is C16H19N3OS. The molecular weight excluding hydrogens is 282 g/mol. The van der Waals surface area contributed by atoms with Gasteiger partial charge in [-0.1, -0.05) is 37.3 Å². The fourth-order valence-corrected chi connectivity index (χ4v) is 2.52. The van der Waals surface area contributed by atoms with Gasteiger partial charge in [-0.3, -0.25) is 9.78 Å². The SMILES string of the molecule is CCCN(CC(N)=S)C(=O)c1cc(C)nc2ccccc12. The number of rotatable bonds is 5. The highest BCUT2D eigenvalue weighted by molar-refractivity contribution is 7.80. The van der Waals surface area contributed by atoms with Crippen LogP contribution in [0, 0.1) is 6.92 Å². The van der Waals surface area contributed by atoms with Crippen molar-refractivity contribution in [3.63, 3.8) is 0 Å². The molecule has 5 heteroatoms. The number of hydrogen-bond donors (Lipinski definition) is 1. The van der Waals surface area contributed by atoms with E-state index < -0.39 is 0 Å². The Labute approximate surface area is 130 Å². The van der Waals surface area contributed by atoms with Crippen LogP contribution in [-0.4, -0.2) is 33.9 Å². The van der Waals surface area contributed by atoms with E-state index in [1.807, 2.05) is 44.2 Å². The van der Waals surface area contributed by atoms with Crippen molar-refractivity contribution >= 4 is 34.0 Å².